The summed E-state index contributed by atoms with van der Waals surface area (Å²) >= 11 is 1.34. The molecule has 5 heteroatoms. The Morgan fingerprint density at radius 3 is 3.00 bits per heavy atom. The topological polar surface area (TPSA) is 51.6 Å². The van der Waals surface area contributed by atoms with Gasteiger partial charge in [0.05, 0.1) is 18.1 Å². The summed E-state index contributed by atoms with van der Waals surface area (Å²) in [6.45, 7) is 1.06. The summed E-state index contributed by atoms with van der Waals surface area (Å²) in [5.74, 6) is 0. The van der Waals surface area contributed by atoms with Gasteiger partial charge in [0.1, 0.15) is 6.61 Å². The number of nitrogens with zero attached hydrogens (tertiary/aromatic N) is 1. The zero-order valence-corrected chi connectivity index (χ0v) is 7.63. The number of hydrogen-bond donors (Lipinski definition) is 1. The van der Waals surface area contributed by atoms with Crippen LogP contribution >= 0.6 is 11.3 Å². The Morgan fingerprint density at radius 1 is 1.58 bits per heavy atom. The van der Waals surface area contributed by atoms with Gasteiger partial charge in [-0.05, 0) is 0 Å². The van der Waals surface area contributed by atoms with Crippen molar-refractivity contribution in [1.29, 1.82) is 0 Å². The lowest BCUT2D eigenvalue weighted by molar-refractivity contribution is 0.146. The van der Waals surface area contributed by atoms with E-state index in [-0.39, 0.29) is 6.61 Å². The Hall–Kier alpha value is -0.650. The number of aliphatic hydroxyl groups excluding tert-OH is 1. The van der Waals surface area contributed by atoms with E-state index in [1.807, 2.05) is 0 Å². The first-order chi connectivity index (χ1) is 5.86. The summed E-state index contributed by atoms with van der Waals surface area (Å²) in [6.07, 6.45) is 1.60. The van der Waals surface area contributed by atoms with Crippen LogP contribution in [0.5, 0.6) is 5.19 Å². The molecule has 1 aromatic rings. The highest BCUT2D eigenvalue weighted by molar-refractivity contribution is 7.13. The van der Waals surface area contributed by atoms with Gasteiger partial charge < -0.3 is 14.6 Å². The van der Waals surface area contributed by atoms with Gasteiger partial charge in [0.2, 0.25) is 0 Å². The van der Waals surface area contributed by atoms with Crippen LogP contribution in [0.4, 0.5) is 0 Å². The van der Waals surface area contributed by atoms with Crippen molar-refractivity contribution >= 4 is 11.3 Å². The smallest absolute Gasteiger partial charge is 0.273 e. The van der Waals surface area contributed by atoms with Crippen LogP contribution in [0.15, 0.2) is 6.20 Å². The molecule has 0 atom stereocenters. The maximum Gasteiger partial charge on any atom is 0.273 e. The average molecular weight is 189 g/mol. The fraction of sp³-hybridized carbons (Fsp3) is 0.571. The molecule has 4 nitrogen and oxygen atoms in total. The van der Waals surface area contributed by atoms with Crippen LogP contribution in [-0.2, 0) is 11.3 Å². The number of ether oxygens (including phenoxy) is 2. The van der Waals surface area contributed by atoms with Gasteiger partial charge in [-0.25, -0.2) is 4.98 Å². The van der Waals surface area contributed by atoms with E-state index in [2.05, 4.69) is 4.98 Å². The molecule has 0 saturated carbocycles. The fourth-order valence-corrected chi connectivity index (χ4v) is 1.28. The molecule has 12 heavy (non-hydrogen) atoms. The van der Waals surface area contributed by atoms with E-state index in [0.29, 0.717) is 18.4 Å². The number of aliphatic hydroxyl groups is 1. The minimum absolute atomic E-state index is 0.0192. The van der Waals surface area contributed by atoms with Crippen molar-refractivity contribution < 1.29 is 14.6 Å². The lowest BCUT2D eigenvalue weighted by Gasteiger charge is -1.98. The normalized spacial score (nSPS) is 10.2. The zero-order chi connectivity index (χ0) is 8.81. The molecular formula is C7H11NO3S. The molecule has 1 rings (SSSR count). The summed E-state index contributed by atoms with van der Waals surface area (Å²) in [5, 5.41) is 9.29. The molecule has 0 saturated heterocycles. The highest BCUT2D eigenvalue weighted by Crippen LogP contribution is 2.19. The second-order valence-corrected chi connectivity index (χ2v) is 3.17. The minimum Gasteiger partial charge on any atom is -0.468 e. The Labute approximate surface area is 74.8 Å². The van der Waals surface area contributed by atoms with E-state index >= 15 is 0 Å². The maximum atomic E-state index is 8.71. The van der Waals surface area contributed by atoms with E-state index in [4.69, 9.17) is 14.6 Å². The van der Waals surface area contributed by atoms with Crippen molar-refractivity contribution in [3.63, 3.8) is 0 Å². The largest absolute Gasteiger partial charge is 0.468 e. The second kappa shape index (κ2) is 5.08. The number of rotatable bonds is 5. The molecule has 0 aliphatic heterocycles. The van der Waals surface area contributed by atoms with E-state index in [1.165, 1.54) is 11.3 Å². The van der Waals surface area contributed by atoms with Crippen LogP contribution < -0.4 is 4.74 Å². The third-order valence-corrected chi connectivity index (χ3v) is 2.10. The maximum absolute atomic E-state index is 8.71. The number of thiazole rings is 1. The molecule has 0 bridgehead atoms. The number of methoxy groups -OCH3 is 1. The van der Waals surface area contributed by atoms with Gasteiger partial charge in [-0.2, -0.15) is 0 Å². The first-order valence-corrected chi connectivity index (χ1v) is 4.35. The predicted octanol–water partition coefficient (Wildman–Crippen LogP) is 0.661. The van der Waals surface area contributed by atoms with Crippen LogP contribution in [0.25, 0.3) is 0 Å². The molecule has 0 spiro atoms. The SMILES string of the molecule is COCCOc1ncc(CO)s1. The highest BCUT2D eigenvalue weighted by Gasteiger charge is 2.00. The van der Waals surface area contributed by atoms with Crippen molar-refractivity contribution in [1.82, 2.24) is 4.98 Å². The van der Waals surface area contributed by atoms with Crippen molar-refractivity contribution in [2.75, 3.05) is 20.3 Å². The van der Waals surface area contributed by atoms with Crippen molar-refractivity contribution in [2.45, 2.75) is 6.61 Å². The van der Waals surface area contributed by atoms with Crippen LogP contribution in [0, 0.1) is 0 Å². The Bertz CT molecular complexity index is 226. The Morgan fingerprint density at radius 2 is 2.42 bits per heavy atom. The lowest BCUT2D eigenvalue weighted by Crippen LogP contribution is -2.03. The Balaban J connectivity index is 2.31. The first-order valence-electron chi connectivity index (χ1n) is 3.54. The van der Waals surface area contributed by atoms with Gasteiger partial charge in [-0.1, -0.05) is 11.3 Å². The molecule has 0 radical (unpaired) electrons. The van der Waals surface area contributed by atoms with Gasteiger partial charge in [0.25, 0.3) is 5.19 Å². The molecule has 1 N–H and O–H groups in total. The van der Waals surface area contributed by atoms with Crippen LogP contribution in [0.2, 0.25) is 0 Å². The van der Waals surface area contributed by atoms with Gasteiger partial charge in [0.15, 0.2) is 0 Å². The van der Waals surface area contributed by atoms with Gasteiger partial charge in [0, 0.05) is 13.3 Å². The summed E-state index contributed by atoms with van der Waals surface area (Å²) in [5.41, 5.74) is 0. The third-order valence-electron chi connectivity index (χ3n) is 1.20. The number of aromatic nitrogens is 1. The summed E-state index contributed by atoms with van der Waals surface area (Å²) < 4.78 is 10.00. The Kier molecular flexibility index (Phi) is 3.99. The monoisotopic (exact) mass is 189 g/mol. The van der Waals surface area contributed by atoms with E-state index in [0.717, 1.165) is 4.88 Å². The molecule has 0 aromatic carbocycles. The van der Waals surface area contributed by atoms with Crippen LogP contribution in [0.1, 0.15) is 4.88 Å². The molecule has 68 valence electrons. The first kappa shape index (κ1) is 9.44. The number of hydrogen-bond acceptors (Lipinski definition) is 5. The average Bonchev–Trinajstić information content (AvgIpc) is 2.53. The van der Waals surface area contributed by atoms with Gasteiger partial charge in [-0.15, -0.1) is 0 Å². The van der Waals surface area contributed by atoms with Crippen molar-refractivity contribution in [3.05, 3.63) is 11.1 Å². The summed E-state index contributed by atoms with van der Waals surface area (Å²) in [7, 11) is 1.62. The highest BCUT2D eigenvalue weighted by atomic mass is 32.1. The molecular weight excluding hydrogens is 178 g/mol. The zero-order valence-electron chi connectivity index (χ0n) is 6.82. The summed E-state index contributed by atoms with van der Waals surface area (Å²) in [6, 6.07) is 0. The molecule has 1 aromatic heterocycles. The second-order valence-electron chi connectivity index (χ2n) is 2.09. The van der Waals surface area contributed by atoms with Crippen LogP contribution in [-0.4, -0.2) is 30.4 Å². The minimum atomic E-state index is 0.0192. The lowest BCUT2D eigenvalue weighted by atomic mass is 10.6. The van der Waals surface area contributed by atoms with Gasteiger partial charge >= 0.3 is 0 Å². The molecule has 0 aliphatic carbocycles. The molecule has 1 heterocycles. The fourth-order valence-electron chi connectivity index (χ4n) is 0.642. The third kappa shape index (κ3) is 2.77. The van der Waals surface area contributed by atoms with E-state index < -0.39 is 0 Å². The molecule has 0 unspecified atom stereocenters. The summed E-state index contributed by atoms with van der Waals surface area (Å²) in [4.78, 5) is 4.75. The van der Waals surface area contributed by atoms with Crippen molar-refractivity contribution in [3.8, 4) is 5.19 Å². The van der Waals surface area contributed by atoms with Gasteiger partial charge in [-0.3, -0.25) is 0 Å². The predicted molar refractivity (Wildman–Crippen MR) is 45.4 cm³/mol. The molecule has 0 amide bonds. The molecule has 0 aliphatic rings. The van der Waals surface area contributed by atoms with E-state index in [1.54, 1.807) is 13.3 Å². The molecule has 0 fully saturated rings. The van der Waals surface area contributed by atoms with E-state index in [9.17, 15) is 0 Å². The van der Waals surface area contributed by atoms with Crippen LogP contribution in [0.3, 0.4) is 0 Å². The van der Waals surface area contributed by atoms with Crippen molar-refractivity contribution in [2.24, 2.45) is 0 Å². The quantitative estimate of drug-likeness (QED) is 0.691. The standard InChI is InChI=1S/C7H11NO3S/c1-10-2-3-11-7-8-4-6(5-9)12-7/h4,9H,2-3,5H2,1H3.